The predicted molar refractivity (Wildman–Crippen MR) is 105 cm³/mol. The van der Waals surface area contributed by atoms with Crippen molar-refractivity contribution in [3.8, 4) is 0 Å². The van der Waals surface area contributed by atoms with E-state index in [0.717, 1.165) is 5.56 Å². The molecule has 1 aromatic carbocycles. The van der Waals surface area contributed by atoms with Crippen LogP contribution in [0.25, 0.3) is 0 Å². The molecule has 140 valence electrons. The summed E-state index contributed by atoms with van der Waals surface area (Å²) in [7, 11) is 2.53. The summed E-state index contributed by atoms with van der Waals surface area (Å²) >= 11 is 0. The third-order valence-corrected chi connectivity index (χ3v) is 4.57. The average Bonchev–Trinajstić information content (AvgIpc) is 2.50. The van der Waals surface area contributed by atoms with Gasteiger partial charge in [0.15, 0.2) is 5.96 Å². The fraction of sp³-hybridized carbons (Fsp3) is 0.556. The maximum absolute atomic E-state index is 12.1. The maximum atomic E-state index is 12.1. The standard InChI is InChI=1S/C18H30N4O2S/c1-18(2,3)21-16(23)13-22(5)17(19-4)20-11-12-25(24)14-15-9-7-6-8-10-15/h6-10H,11-14H2,1-5H3,(H,19,20)(H,21,23). The quantitative estimate of drug-likeness (QED) is 0.564. The van der Waals surface area contributed by atoms with Crippen LogP contribution in [0.3, 0.4) is 0 Å². The molecule has 2 N–H and O–H groups in total. The van der Waals surface area contributed by atoms with Crippen LogP contribution < -0.4 is 10.6 Å². The molecule has 1 atom stereocenters. The zero-order valence-electron chi connectivity index (χ0n) is 15.8. The van der Waals surface area contributed by atoms with Gasteiger partial charge in [-0.3, -0.25) is 14.0 Å². The molecule has 1 rings (SSSR count). The van der Waals surface area contributed by atoms with Crippen molar-refractivity contribution in [2.75, 3.05) is 32.9 Å². The van der Waals surface area contributed by atoms with Gasteiger partial charge in [-0.05, 0) is 26.3 Å². The number of aliphatic imine (C=N–C) groups is 1. The number of carbonyl (C=O) groups excluding carboxylic acids is 1. The Morgan fingerprint density at radius 3 is 2.44 bits per heavy atom. The first-order valence-corrected chi connectivity index (χ1v) is 9.82. The maximum Gasteiger partial charge on any atom is 0.240 e. The SMILES string of the molecule is CN=C(NCCS(=O)Cc1ccccc1)N(C)CC(=O)NC(C)(C)C. The third-order valence-electron chi connectivity index (χ3n) is 3.25. The molecule has 0 saturated carbocycles. The number of amides is 1. The monoisotopic (exact) mass is 366 g/mol. The summed E-state index contributed by atoms with van der Waals surface area (Å²) in [5.74, 6) is 1.62. The van der Waals surface area contributed by atoms with Gasteiger partial charge in [-0.25, -0.2) is 0 Å². The molecule has 0 aliphatic rings. The number of nitrogens with zero attached hydrogens (tertiary/aromatic N) is 2. The molecule has 0 radical (unpaired) electrons. The summed E-state index contributed by atoms with van der Waals surface area (Å²) in [6, 6.07) is 9.80. The lowest BCUT2D eigenvalue weighted by molar-refractivity contribution is -0.122. The predicted octanol–water partition coefficient (Wildman–Crippen LogP) is 1.36. The molecular formula is C18H30N4O2S. The molecule has 1 unspecified atom stereocenters. The van der Waals surface area contributed by atoms with Gasteiger partial charge in [0.05, 0.1) is 6.54 Å². The van der Waals surface area contributed by atoms with Gasteiger partial charge in [-0.1, -0.05) is 30.3 Å². The second kappa shape index (κ2) is 10.2. The zero-order chi connectivity index (χ0) is 18.9. The number of hydrogen-bond acceptors (Lipinski definition) is 3. The van der Waals surface area contributed by atoms with Crippen LogP contribution in [-0.4, -0.2) is 59.5 Å². The zero-order valence-corrected chi connectivity index (χ0v) is 16.7. The van der Waals surface area contributed by atoms with E-state index in [2.05, 4.69) is 15.6 Å². The van der Waals surface area contributed by atoms with E-state index < -0.39 is 10.8 Å². The van der Waals surface area contributed by atoms with Crippen LogP contribution in [0.15, 0.2) is 35.3 Å². The lowest BCUT2D eigenvalue weighted by Crippen LogP contribution is -2.49. The van der Waals surface area contributed by atoms with Crippen molar-refractivity contribution < 1.29 is 9.00 Å². The van der Waals surface area contributed by atoms with Gasteiger partial charge in [0.1, 0.15) is 0 Å². The molecule has 0 bridgehead atoms. The largest absolute Gasteiger partial charge is 0.355 e. The molecule has 0 heterocycles. The van der Waals surface area contributed by atoms with Crippen molar-refractivity contribution >= 4 is 22.7 Å². The Bertz CT molecular complexity index is 597. The van der Waals surface area contributed by atoms with E-state index in [1.807, 2.05) is 51.1 Å². The van der Waals surface area contributed by atoms with E-state index in [4.69, 9.17) is 0 Å². The van der Waals surface area contributed by atoms with Gasteiger partial charge in [0, 0.05) is 48.5 Å². The smallest absolute Gasteiger partial charge is 0.240 e. The lowest BCUT2D eigenvalue weighted by Gasteiger charge is -2.25. The Kier molecular flexibility index (Phi) is 8.61. The van der Waals surface area contributed by atoms with E-state index in [1.165, 1.54) is 0 Å². The number of rotatable bonds is 7. The highest BCUT2D eigenvalue weighted by Gasteiger charge is 2.16. The molecule has 25 heavy (non-hydrogen) atoms. The topological polar surface area (TPSA) is 73.8 Å². The fourth-order valence-electron chi connectivity index (χ4n) is 2.24. The molecule has 7 heteroatoms. The highest BCUT2D eigenvalue weighted by Crippen LogP contribution is 2.02. The van der Waals surface area contributed by atoms with Crippen molar-refractivity contribution in [2.24, 2.45) is 4.99 Å². The Hall–Kier alpha value is -1.89. The van der Waals surface area contributed by atoms with Gasteiger partial charge in [0.25, 0.3) is 0 Å². The first kappa shape index (κ1) is 21.2. The van der Waals surface area contributed by atoms with E-state index in [0.29, 0.717) is 24.0 Å². The van der Waals surface area contributed by atoms with Gasteiger partial charge in [-0.2, -0.15) is 0 Å². The second-order valence-electron chi connectivity index (χ2n) is 6.90. The summed E-state index contributed by atoms with van der Waals surface area (Å²) in [4.78, 5) is 17.9. The van der Waals surface area contributed by atoms with E-state index in [9.17, 15) is 9.00 Å². The average molecular weight is 367 g/mol. The number of hydrogen-bond donors (Lipinski definition) is 2. The van der Waals surface area contributed by atoms with Gasteiger partial charge < -0.3 is 15.5 Å². The third kappa shape index (κ3) is 9.24. The Balaban J connectivity index is 2.38. The highest BCUT2D eigenvalue weighted by atomic mass is 32.2. The van der Waals surface area contributed by atoms with E-state index in [1.54, 1.807) is 19.0 Å². The van der Waals surface area contributed by atoms with Crippen LogP contribution in [0.1, 0.15) is 26.3 Å². The molecule has 1 amide bonds. The minimum Gasteiger partial charge on any atom is -0.355 e. The molecule has 0 aromatic heterocycles. The van der Waals surface area contributed by atoms with Gasteiger partial charge in [-0.15, -0.1) is 0 Å². The van der Waals surface area contributed by atoms with E-state index in [-0.39, 0.29) is 18.0 Å². The highest BCUT2D eigenvalue weighted by molar-refractivity contribution is 7.84. The van der Waals surface area contributed by atoms with Gasteiger partial charge >= 0.3 is 0 Å². The first-order valence-electron chi connectivity index (χ1n) is 8.33. The normalized spacial score (nSPS) is 13.2. The fourth-order valence-corrected chi connectivity index (χ4v) is 3.28. The molecular weight excluding hydrogens is 336 g/mol. The van der Waals surface area contributed by atoms with Crippen LogP contribution in [-0.2, 0) is 21.3 Å². The molecule has 0 saturated heterocycles. The first-order chi connectivity index (χ1) is 11.7. The summed E-state index contributed by atoms with van der Waals surface area (Å²) in [5.41, 5.74) is 0.810. The summed E-state index contributed by atoms with van der Waals surface area (Å²) in [6.07, 6.45) is 0. The molecule has 0 spiro atoms. The minimum absolute atomic E-state index is 0.0643. The van der Waals surface area contributed by atoms with Crippen molar-refractivity contribution in [3.05, 3.63) is 35.9 Å². The summed E-state index contributed by atoms with van der Waals surface area (Å²) < 4.78 is 12.1. The van der Waals surface area contributed by atoms with Crippen LogP contribution in [0, 0.1) is 0 Å². The van der Waals surface area contributed by atoms with Crippen molar-refractivity contribution in [2.45, 2.75) is 32.1 Å². The van der Waals surface area contributed by atoms with Crippen molar-refractivity contribution in [1.82, 2.24) is 15.5 Å². The number of benzene rings is 1. The lowest BCUT2D eigenvalue weighted by atomic mass is 10.1. The molecule has 6 nitrogen and oxygen atoms in total. The van der Waals surface area contributed by atoms with Crippen LogP contribution in [0.2, 0.25) is 0 Å². The van der Waals surface area contributed by atoms with Crippen molar-refractivity contribution in [1.29, 1.82) is 0 Å². The number of carbonyl (C=O) groups is 1. The summed E-state index contributed by atoms with van der Waals surface area (Å²) in [6.45, 7) is 6.58. The minimum atomic E-state index is -0.942. The van der Waals surface area contributed by atoms with Gasteiger partial charge in [0.2, 0.25) is 5.91 Å². The summed E-state index contributed by atoms with van der Waals surface area (Å²) in [5, 5.41) is 6.08. The Morgan fingerprint density at radius 1 is 1.24 bits per heavy atom. The van der Waals surface area contributed by atoms with E-state index >= 15 is 0 Å². The van der Waals surface area contributed by atoms with Crippen LogP contribution in [0.4, 0.5) is 0 Å². The van der Waals surface area contributed by atoms with Crippen molar-refractivity contribution in [3.63, 3.8) is 0 Å². The number of nitrogens with one attached hydrogen (secondary N) is 2. The Labute approximate surface area is 153 Å². The van der Waals surface area contributed by atoms with Crippen LogP contribution >= 0.6 is 0 Å². The second-order valence-corrected chi connectivity index (χ2v) is 8.48. The Morgan fingerprint density at radius 2 is 1.88 bits per heavy atom. The molecule has 1 aromatic rings. The van der Waals surface area contributed by atoms with Crippen LogP contribution in [0.5, 0.6) is 0 Å². The number of likely N-dealkylation sites (N-methyl/N-ethyl adjacent to an activating group) is 1. The number of guanidine groups is 1. The molecule has 0 aliphatic carbocycles. The molecule has 0 aliphatic heterocycles. The molecule has 0 fully saturated rings.